The lowest BCUT2D eigenvalue weighted by Gasteiger charge is -2.24. The lowest BCUT2D eigenvalue weighted by Crippen LogP contribution is -2.38. The van der Waals surface area contributed by atoms with Crippen molar-refractivity contribution in [3.8, 4) is 5.75 Å². The van der Waals surface area contributed by atoms with E-state index in [1.54, 1.807) is 12.3 Å². The Hall–Kier alpha value is -2.57. The highest BCUT2D eigenvalue weighted by Crippen LogP contribution is 2.46. The predicted molar refractivity (Wildman–Crippen MR) is 155 cm³/mol. The van der Waals surface area contributed by atoms with Gasteiger partial charge in [0.05, 0.1) is 16.3 Å². The van der Waals surface area contributed by atoms with E-state index in [4.69, 9.17) is 9.72 Å². The van der Waals surface area contributed by atoms with Gasteiger partial charge in [-0.15, -0.1) is 0 Å². The molecule has 0 amide bonds. The molecule has 39 heavy (non-hydrogen) atoms. The zero-order valence-electron chi connectivity index (χ0n) is 22.5. The monoisotopic (exact) mass is 578 g/mol. The number of ether oxygens (including phenoxy) is 1. The average molecular weight is 579 g/mol. The molecular weight excluding hydrogens is 542 g/mol. The van der Waals surface area contributed by atoms with E-state index in [2.05, 4.69) is 45.8 Å². The zero-order chi connectivity index (χ0) is 27.9. The number of allylic oxidation sites excluding steroid dienone is 2. The molecular formula is C27H36F2N6O2S2. The summed E-state index contributed by atoms with van der Waals surface area (Å²) < 4.78 is 46.2. The summed E-state index contributed by atoms with van der Waals surface area (Å²) in [5.41, 5.74) is 1.40. The molecule has 0 bridgehead atoms. The number of aromatic nitrogens is 3. The number of alkyl halides is 2. The molecule has 212 valence electrons. The zero-order valence-corrected chi connectivity index (χ0v) is 24.1. The second-order valence-electron chi connectivity index (χ2n) is 9.88. The third-order valence-corrected chi connectivity index (χ3v) is 8.21. The Morgan fingerprint density at radius 1 is 1.28 bits per heavy atom. The summed E-state index contributed by atoms with van der Waals surface area (Å²) in [6.45, 7) is 12.1. The van der Waals surface area contributed by atoms with Gasteiger partial charge >= 0.3 is 5.76 Å². The van der Waals surface area contributed by atoms with E-state index in [0.29, 0.717) is 17.4 Å². The smallest absolute Gasteiger partial charge is 0.330 e. The number of thioether (sulfide) groups is 1. The van der Waals surface area contributed by atoms with E-state index in [9.17, 15) is 13.0 Å². The summed E-state index contributed by atoms with van der Waals surface area (Å²) in [6, 6.07) is 5.36. The fraction of sp³-hybridized carbons (Fsp3) is 0.519. The predicted octanol–water partition coefficient (Wildman–Crippen LogP) is 6.27. The summed E-state index contributed by atoms with van der Waals surface area (Å²) >= 11 is 1.50. The van der Waals surface area contributed by atoms with Crippen LogP contribution in [-0.2, 0) is 11.0 Å². The van der Waals surface area contributed by atoms with Gasteiger partial charge in [0, 0.05) is 30.6 Å². The lowest BCUT2D eigenvalue weighted by atomic mass is 10.1. The standard InChI is InChI=1S/C27H36F2N6O2S2/c1-5-17(4)24(37-21-10-11-22(35-39(36)26(28)29)34-23(21)18-8-9-18)25(38-16(2)3)20-12-14-31-27(33-20)32-19-7-6-13-30-15-19/h10-12,14,17-19,26,30H,2,5-9,13,15H2,1,3-4H3,(H,34,35)(H,31,32,33)/b25-24+. The Morgan fingerprint density at radius 3 is 2.72 bits per heavy atom. The average Bonchev–Trinajstić information content (AvgIpc) is 3.77. The van der Waals surface area contributed by atoms with Crippen LogP contribution < -0.4 is 20.1 Å². The van der Waals surface area contributed by atoms with Crippen molar-refractivity contribution in [3.05, 3.63) is 53.0 Å². The van der Waals surface area contributed by atoms with Crippen molar-refractivity contribution in [2.75, 3.05) is 23.1 Å². The van der Waals surface area contributed by atoms with Gasteiger partial charge in [-0.3, -0.25) is 4.72 Å². The van der Waals surface area contributed by atoms with Gasteiger partial charge in [0.2, 0.25) is 5.95 Å². The highest BCUT2D eigenvalue weighted by Gasteiger charge is 2.31. The molecule has 2 aromatic rings. The van der Waals surface area contributed by atoms with Crippen molar-refractivity contribution in [3.63, 3.8) is 0 Å². The van der Waals surface area contributed by atoms with E-state index < -0.39 is 16.7 Å². The molecule has 12 heteroatoms. The summed E-state index contributed by atoms with van der Waals surface area (Å²) in [4.78, 5) is 15.5. The van der Waals surface area contributed by atoms with Crippen molar-refractivity contribution in [1.82, 2.24) is 20.3 Å². The molecule has 1 aliphatic heterocycles. The molecule has 3 heterocycles. The van der Waals surface area contributed by atoms with Crippen molar-refractivity contribution < 1.29 is 17.7 Å². The van der Waals surface area contributed by atoms with Gasteiger partial charge in [-0.25, -0.2) is 19.2 Å². The number of nitrogens with zero attached hydrogens (tertiary/aromatic N) is 3. The van der Waals surface area contributed by atoms with E-state index in [1.807, 2.05) is 13.0 Å². The number of pyridine rings is 1. The van der Waals surface area contributed by atoms with Crippen LogP contribution in [0.15, 0.2) is 41.6 Å². The molecule has 0 aromatic carbocycles. The second-order valence-corrected chi connectivity index (χ2v) is 12.3. The molecule has 0 radical (unpaired) electrons. The van der Waals surface area contributed by atoms with Gasteiger partial charge in [0.25, 0.3) is 0 Å². The molecule has 3 atom stereocenters. The highest BCUT2D eigenvalue weighted by molar-refractivity contribution is 8.11. The molecule has 1 saturated carbocycles. The minimum Gasteiger partial charge on any atom is -0.458 e. The Balaban J connectivity index is 1.70. The minimum atomic E-state index is -3.00. The molecule has 2 fully saturated rings. The third kappa shape index (κ3) is 8.21. The molecule has 8 nitrogen and oxygen atoms in total. The largest absolute Gasteiger partial charge is 0.458 e. The normalized spacial score (nSPS) is 19.7. The summed E-state index contributed by atoms with van der Waals surface area (Å²) in [5, 5.41) is 6.85. The van der Waals surface area contributed by atoms with Crippen LogP contribution in [0.1, 0.15) is 70.2 Å². The quantitative estimate of drug-likeness (QED) is 0.239. The van der Waals surface area contributed by atoms with Crippen LogP contribution in [0, 0.1) is 5.92 Å². The number of hydrogen-bond donors (Lipinski definition) is 3. The Morgan fingerprint density at radius 2 is 2.08 bits per heavy atom. The Labute approximate surface area is 235 Å². The lowest BCUT2D eigenvalue weighted by molar-refractivity contribution is 0.244. The van der Waals surface area contributed by atoms with Crippen LogP contribution in [-0.4, -0.2) is 44.0 Å². The molecule has 4 rings (SSSR count). The minimum absolute atomic E-state index is 0.0389. The first-order valence-electron chi connectivity index (χ1n) is 13.3. The SMILES string of the molecule is C=C(C)S/C(=C(/Oc1ccc(NS(=O)C(F)F)nc1C1CC1)C(C)CC)c1ccnc(NC2CCCNC2)n1. The van der Waals surface area contributed by atoms with Crippen molar-refractivity contribution in [2.45, 2.75) is 70.6 Å². The molecule has 2 aliphatic rings. The van der Waals surface area contributed by atoms with E-state index >= 15 is 0 Å². The van der Waals surface area contributed by atoms with Crippen molar-refractivity contribution in [2.24, 2.45) is 5.92 Å². The van der Waals surface area contributed by atoms with Crippen molar-refractivity contribution in [1.29, 1.82) is 0 Å². The first-order chi connectivity index (χ1) is 18.7. The molecule has 0 spiro atoms. The second kappa shape index (κ2) is 13.7. The summed E-state index contributed by atoms with van der Waals surface area (Å²) in [7, 11) is -2.53. The van der Waals surface area contributed by atoms with Gasteiger partial charge in [-0.05, 0) is 68.7 Å². The number of anilines is 2. The molecule has 3 unspecified atom stereocenters. The van der Waals surface area contributed by atoms with Crippen LogP contribution >= 0.6 is 11.8 Å². The van der Waals surface area contributed by atoms with Crippen LogP contribution in [0.2, 0.25) is 0 Å². The van der Waals surface area contributed by atoms with Gasteiger partial charge in [-0.2, -0.15) is 8.78 Å². The first kappa shape index (κ1) is 29.4. The van der Waals surface area contributed by atoms with Crippen molar-refractivity contribution >= 4 is 39.4 Å². The maximum atomic E-state index is 12.8. The number of piperidine rings is 1. The highest BCUT2D eigenvalue weighted by atomic mass is 32.2. The first-order valence-corrected chi connectivity index (χ1v) is 15.3. The number of hydrogen-bond acceptors (Lipinski definition) is 8. The Kier molecular flexibility index (Phi) is 10.3. The van der Waals surface area contributed by atoms with Crippen LogP contribution in [0.5, 0.6) is 5.75 Å². The van der Waals surface area contributed by atoms with Crippen LogP contribution in [0.3, 0.4) is 0 Å². The van der Waals surface area contributed by atoms with E-state index in [-0.39, 0.29) is 23.7 Å². The Bertz CT molecular complexity index is 1220. The third-order valence-electron chi connectivity index (χ3n) is 6.52. The molecule has 1 saturated heterocycles. The summed E-state index contributed by atoms with van der Waals surface area (Å²) in [6.07, 6.45) is 6.57. The van der Waals surface area contributed by atoms with Gasteiger partial charge in [0.1, 0.15) is 17.3 Å². The molecule has 3 N–H and O–H groups in total. The van der Waals surface area contributed by atoms with Gasteiger partial charge < -0.3 is 15.4 Å². The fourth-order valence-corrected chi connectivity index (χ4v) is 5.51. The summed E-state index contributed by atoms with van der Waals surface area (Å²) in [5.74, 6) is -0.815. The fourth-order valence-electron chi connectivity index (χ4n) is 4.19. The van der Waals surface area contributed by atoms with E-state index in [1.165, 1.54) is 17.8 Å². The number of nitrogens with one attached hydrogen (secondary N) is 3. The van der Waals surface area contributed by atoms with Crippen LogP contribution in [0.25, 0.3) is 4.91 Å². The maximum absolute atomic E-state index is 12.8. The maximum Gasteiger partial charge on any atom is 0.330 e. The topological polar surface area (TPSA) is 101 Å². The molecule has 1 aliphatic carbocycles. The van der Waals surface area contributed by atoms with E-state index in [0.717, 1.165) is 66.5 Å². The van der Waals surface area contributed by atoms with Gasteiger partial charge in [0.15, 0.2) is 11.0 Å². The number of rotatable bonds is 13. The van der Waals surface area contributed by atoms with Crippen LogP contribution in [0.4, 0.5) is 20.5 Å². The number of halogens is 2. The van der Waals surface area contributed by atoms with Gasteiger partial charge in [-0.1, -0.05) is 32.2 Å². The molecule has 2 aromatic heterocycles.